The maximum atomic E-state index is 5.67. The number of pyridine rings is 1. The standard InChI is InChI=1S/C24H27N9O/c1-16-21(12-29-23-22(16)28-7-9-34-23)33-8-6-18-11-30-24(32-20(18)13-33)31-19-4-2-17(3-5-19)10-26-15-27-14-25/h2-5,11-12,14-15,28H,6-10,13H2,1H3,(H2,25,26,27)(H,30,31,32). The number of anilines is 4. The topological polar surface area (TPSA) is 126 Å². The van der Waals surface area contributed by atoms with Crippen LogP contribution in [0.25, 0.3) is 0 Å². The second-order valence-corrected chi connectivity index (χ2v) is 8.14. The molecule has 0 spiro atoms. The monoisotopic (exact) mass is 457 g/mol. The summed E-state index contributed by atoms with van der Waals surface area (Å²) in [6.07, 6.45) is 7.38. The summed E-state index contributed by atoms with van der Waals surface area (Å²) in [5.74, 6) is 1.26. The Morgan fingerprint density at radius 2 is 2.12 bits per heavy atom. The number of nitrogens with zero attached hydrogens (tertiary/aromatic N) is 6. The highest BCUT2D eigenvalue weighted by Gasteiger charge is 2.24. The van der Waals surface area contributed by atoms with Gasteiger partial charge in [-0.05, 0) is 36.6 Å². The summed E-state index contributed by atoms with van der Waals surface area (Å²) < 4.78 is 5.67. The van der Waals surface area contributed by atoms with Crippen LogP contribution < -0.4 is 26.0 Å². The molecule has 0 bridgehead atoms. The van der Waals surface area contributed by atoms with E-state index in [9.17, 15) is 0 Å². The van der Waals surface area contributed by atoms with Gasteiger partial charge in [0.1, 0.15) is 18.6 Å². The van der Waals surface area contributed by atoms with E-state index in [-0.39, 0.29) is 0 Å². The van der Waals surface area contributed by atoms with E-state index in [1.165, 1.54) is 18.2 Å². The Bertz CT molecular complexity index is 1220. The normalized spacial score (nSPS) is 15.0. The van der Waals surface area contributed by atoms with Crippen molar-refractivity contribution in [3.05, 3.63) is 59.0 Å². The molecule has 0 saturated carbocycles. The fraction of sp³-hybridized carbons (Fsp3) is 0.292. The number of fused-ring (bicyclic) bond motifs is 2. The fourth-order valence-corrected chi connectivity index (χ4v) is 4.15. The zero-order chi connectivity index (χ0) is 23.3. The minimum atomic E-state index is 0.543. The molecule has 0 radical (unpaired) electrons. The minimum absolute atomic E-state index is 0.543. The van der Waals surface area contributed by atoms with E-state index in [1.54, 1.807) is 0 Å². The van der Waals surface area contributed by atoms with E-state index in [0.717, 1.165) is 53.4 Å². The summed E-state index contributed by atoms with van der Waals surface area (Å²) in [5.41, 5.74) is 12.6. The number of hydrogen-bond donors (Lipinski definition) is 3. The quantitative estimate of drug-likeness (QED) is 0.381. The first-order chi connectivity index (χ1) is 16.7. The minimum Gasteiger partial charge on any atom is -0.474 e. The number of nitrogens with two attached hydrogens (primary N) is 1. The van der Waals surface area contributed by atoms with Gasteiger partial charge in [-0.3, -0.25) is 4.99 Å². The number of rotatable bonds is 6. The molecule has 4 heterocycles. The Morgan fingerprint density at radius 3 is 2.97 bits per heavy atom. The van der Waals surface area contributed by atoms with Crippen molar-refractivity contribution in [2.45, 2.75) is 26.4 Å². The first-order valence-corrected chi connectivity index (χ1v) is 11.2. The first kappa shape index (κ1) is 21.6. The van der Waals surface area contributed by atoms with Crippen LogP contribution in [0.4, 0.5) is 23.0 Å². The van der Waals surface area contributed by atoms with E-state index in [0.29, 0.717) is 31.5 Å². The molecule has 34 heavy (non-hydrogen) atoms. The molecule has 0 amide bonds. The lowest BCUT2D eigenvalue weighted by molar-refractivity contribution is 0.310. The molecular weight excluding hydrogens is 430 g/mol. The predicted molar refractivity (Wildman–Crippen MR) is 134 cm³/mol. The zero-order valence-electron chi connectivity index (χ0n) is 19.0. The second kappa shape index (κ2) is 9.74. The molecule has 0 saturated heterocycles. The Labute approximate surface area is 198 Å². The third-order valence-electron chi connectivity index (χ3n) is 5.92. The number of ether oxygens (including phenoxy) is 1. The van der Waals surface area contributed by atoms with Gasteiger partial charge in [0.05, 0.1) is 37.0 Å². The lowest BCUT2D eigenvalue weighted by Crippen LogP contribution is -2.32. The fourth-order valence-electron chi connectivity index (χ4n) is 4.15. The lowest BCUT2D eigenvalue weighted by atomic mass is 10.0. The van der Waals surface area contributed by atoms with Crippen molar-refractivity contribution in [2.24, 2.45) is 15.7 Å². The molecule has 2 aromatic heterocycles. The summed E-state index contributed by atoms with van der Waals surface area (Å²) in [6.45, 7) is 5.69. The van der Waals surface area contributed by atoms with Crippen molar-refractivity contribution in [1.82, 2.24) is 15.0 Å². The van der Waals surface area contributed by atoms with Gasteiger partial charge < -0.3 is 26.0 Å². The van der Waals surface area contributed by atoms with Gasteiger partial charge in [0.15, 0.2) is 0 Å². The highest BCUT2D eigenvalue weighted by molar-refractivity contribution is 5.71. The SMILES string of the molecule is Cc1c(N2CCc3cnc(Nc4ccc(CN=CN=CN)cc4)nc3C2)cnc2c1NCCO2. The number of hydrogen-bond acceptors (Lipinski definition) is 8. The maximum Gasteiger partial charge on any atom is 0.237 e. The van der Waals surface area contributed by atoms with Gasteiger partial charge in [-0.2, -0.15) is 0 Å². The number of benzene rings is 1. The lowest BCUT2D eigenvalue weighted by Gasteiger charge is -2.32. The van der Waals surface area contributed by atoms with Crippen molar-refractivity contribution in [3.8, 4) is 5.88 Å². The van der Waals surface area contributed by atoms with Crippen LogP contribution in [0, 0.1) is 6.92 Å². The molecule has 2 aliphatic heterocycles. The Kier molecular flexibility index (Phi) is 6.19. The number of aliphatic imine (C=N–C) groups is 2. The average Bonchev–Trinajstić information content (AvgIpc) is 2.88. The van der Waals surface area contributed by atoms with Gasteiger partial charge in [0.2, 0.25) is 11.8 Å². The van der Waals surface area contributed by atoms with Crippen LogP contribution in [0.1, 0.15) is 22.4 Å². The molecule has 10 nitrogen and oxygen atoms in total. The number of nitrogens with one attached hydrogen (secondary N) is 2. The van der Waals surface area contributed by atoms with Gasteiger partial charge in [-0.15, -0.1) is 0 Å². The largest absolute Gasteiger partial charge is 0.474 e. The Balaban J connectivity index is 1.29. The van der Waals surface area contributed by atoms with Crippen molar-refractivity contribution < 1.29 is 4.74 Å². The summed E-state index contributed by atoms with van der Waals surface area (Å²) >= 11 is 0. The van der Waals surface area contributed by atoms with E-state index in [2.05, 4.69) is 42.4 Å². The Morgan fingerprint density at radius 1 is 1.24 bits per heavy atom. The van der Waals surface area contributed by atoms with Crippen LogP contribution in [-0.4, -0.2) is 47.3 Å². The zero-order valence-corrected chi connectivity index (χ0v) is 19.0. The van der Waals surface area contributed by atoms with Crippen LogP contribution in [0.3, 0.4) is 0 Å². The van der Waals surface area contributed by atoms with Crippen molar-refractivity contribution >= 4 is 35.7 Å². The molecule has 4 N–H and O–H groups in total. The Hall–Kier alpha value is -4.21. The summed E-state index contributed by atoms with van der Waals surface area (Å²) in [7, 11) is 0. The van der Waals surface area contributed by atoms with E-state index in [4.69, 9.17) is 15.5 Å². The summed E-state index contributed by atoms with van der Waals surface area (Å²) in [5, 5.41) is 6.72. The van der Waals surface area contributed by atoms with Gasteiger partial charge in [-0.1, -0.05) is 12.1 Å². The van der Waals surface area contributed by atoms with Gasteiger partial charge in [-0.25, -0.2) is 19.9 Å². The molecular formula is C24H27N9O. The van der Waals surface area contributed by atoms with Crippen LogP contribution in [0.15, 0.2) is 46.6 Å². The molecule has 0 fully saturated rings. The predicted octanol–water partition coefficient (Wildman–Crippen LogP) is 2.81. The summed E-state index contributed by atoms with van der Waals surface area (Å²) in [6, 6.07) is 8.00. The highest BCUT2D eigenvalue weighted by atomic mass is 16.5. The molecule has 5 rings (SSSR count). The highest BCUT2D eigenvalue weighted by Crippen LogP contribution is 2.36. The molecule has 2 aliphatic rings. The molecule has 0 unspecified atom stereocenters. The van der Waals surface area contributed by atoms with Gasteiger partial charge in [0.25, 0.3) is 0 Å². The van der Waals surface area contributed by atoms with E-state index >= 15 is 0 Å². The third-order valence-corrected chi connectivity index (χ3v) is 5.92. The van der Waals surface area contributed by atoms with Crippen molar-refractivity contribution in [2.75, 3.05) is 35.2 Å². The van der Waals surface area contributed by atoms with E-state index < -0.39 is 0 Å². The first-order valence-electron chi connectivity index (χ1n) is 11.2. The van der Waals surface area contributed by atoms with Crippen LogP contribution >= 0.6 is 0 Å². The van der Waals surface area contributed by atoms with Gasteiger partial charge >= 0.3 is 0 Å². The van der Waals surface area contributed by atoms with Gasteiger partial charge in [0, 0.05) is 30.5 Å². The number of aromatic nitrogens is 3. The molecule has 0 aliphatic carbocycles. The smallest absolute Gasteiger partial charge is 0.237 e. The molecule has 174 valence electrons. The molecule has 1 aromatic carbocycles. The molecule has 3 aromatic rings. The van der Waals surface area contributed by atoms with E-state index in [1.807, 2.05) is 36.7 Å². The molecule has 10 heteroatoms. The average molecular weight is 458 g/mol. The van der Waals surface area contributed by atoms with Crippen LogP contribution in [0.5, 0.6) is 5.88 Å². The maximum absolute atomic E-state index is 5.67. The van der Waals surface area contributed by atoms with Crippen molar-refractivity contribution in [1.29, 1.82) is 0 Å². The third kappa shape index (κ3) is 4.61. The summed E-state index contributed by atoms with van der Waals surface area (Å²) in [4.78, 5) is 24.1. The van der Waals surface area contributed by atoms with Crippen LogP contribution in [-0.2, 0) is 19.5 Å². The second-order valence-electron chi connectivity index (χ2n) is 8.14. The molecule has 0 atom stereocenters. The van der Waals surface area contributed by atoms with Crippen molar-refractivity contribution in [3.63, 3.8) is 0 Å². The van der Waals surface area contributed by atoms with Crippen LogP contribution in [0.2, 0.25) is 0 Å².